The van der Waals surface area contributed by atoms with Crippen LogP contribution in [0, 0.1) is 0 Å². The third-order valence-electron chi connectivity index (χ3n) is 5.09. The highest BCUT2D eigenvalue weighted by Crippen LogP contribution is 2.25. The largest absolute Gasteiger partial charge is 0.478 e. The summed E-state index contributed by atoms with van der Waals surface area (Å²) >= 11 is 0. The number of piperidine rings is 1. The van der Waals surface area contributed by atoms with Crippen molar-refractivity contribution >= 4 is 28.6 Å². The van der Waals surface area contributed by atoms with Crippen LogP contribution in [0.3, 0.4) is 0 Å². The van der Waals surface area contributed by atoms with Crippen molar-refractivity contribution in [3.8, 4) is 0 Å². The summed E-state index contributed by atoms with van der Waals surface area (Å²) in [6, 6.07) is 13.8. The fourth-order valence-corrected chi connectivity index (χ4v) is 4.51. The van der Waals surface area contributed by atoms with Gasteiger partial charge < -0.3 is 20.0 Å². The molecule has 0 aliphatic carbocycles. The number of nitrogens with zero attached hydrogens (tertiary/aromatic N) is 4. The first-order valence-corrected chi connectivity index (χ1v) is 11.0. The van der Waals surface area contributed by atoms with Crippen LogP contribution in [0.2, 0.25) is 0 Å². The highest BCUT2D eigenvalue weighted by Gasteiger charge is 2.29. The molecule has 3 fully saturated rings. The Morgan fingerprint density at radius 1 is 0.903 bits per heavy atom. The van der Waals surface area contributed by atoms with Crippen LogP contribution in [0.4, 0.5) is 5.82 Å². The molecule has 0 spiro atoms. The SMILES string of the molecule is O=C(O)/C=C/C(=O)O.O=S(c1ccccc1)c1ccc(N2CCN3CCC2CC3)nn1. The second-order valence-corrected chi connectivity index (χ2v) is 8.51. The number of hydrogen-bond acceptors (Lipinski definition) is 7. The number of hydrogen-bond donors (Lipinski definition) is 2. The second kappa shape index (κ2) is 10.8. The number of rotatable bonds is 5. The van der Waals surface area contributed by atoms with Crippen LogP contribution in [-0.4, -0.2) is 73.7 Å². The van der Waals surface area contributed by atoms with Crippen molar-refractivity contribution in [2.75, 3.05) is 31.1 Å². The average Bonchev–Trinajstić information content (AvgIpc) is 3.12. The molecule has 1 aromatic carbocycles. The van der Waals surface area contributed by atoms with E-state index in [1.807, 2.05) is 42.5 Å². The standard InChI is InChI=1S/C17H20N4OS.C4H4O4/c22-23(15-4-2-1-3-5-15)17-7-6-16(18-19-17)21-13-12-20-10-8-14(21)9-11-20;5-3(6)1-2-4(7)8/h1-7,14H,8-13H2;1-2H,(H,5,6)(H,7,8)/b;2-1+. The summed E-state index contributed by atoms with van der Waals surface area (Å²) in [6.45, 7) is 4.46. The van der Waals surface area contributed by atoms with Gasteiger partial charge in [-0.15, -0.1) is 10.2 Å². The molecule has 0 amide bonds. The highest BCUT2D eigenvalue weighted by atomic mass is 32.2. The highest BCUT2D eigenvalue weighted by molar-refractivity contribution is 7.85. The van der Waals surface area contributed by atoms with Crippen LogP contribution >= 0.6 is 0 Å². The Morgan fingerprint density at radius 2 is 1.55 bits per heavy atom. The zero-order valence-corrected chi connectivity index (χ0v) is 17.6. The number of carbonyl (C=O) groups is 2. The second-order valence-electron chi connectivity index (χ2n) is 7.09. The van der Waals surface area contributed by atoms with Gasteiger partial charge in [0.25, 0.3) is 0 Å². The van der Waals surface area contributed by atoms with E-state index in [1.54, 1.807) is 0 Å². The van der Waals surface area contributed by atoms with E-state index in [-0.39, 0.29) is 0 Å². The van der Waals surface area contributed by atoms with Gasteiger partial charge in [-0.3, -0.25) is 0 Å². The molecule has 2 N–H and O–H groups in total. The van der Waals surface area contributed by atoms with E-state index in [4.69, 9.17) is 10.2 Å². The van der Waals surface area contributed by atoms with Crippen molar-refractivity contribution in [3.05, 3.63) is 54.6 Å². The summed E-state index contributed by atoms with van der Waals surface area (Å²) in [4.78, 5) is 24.8. The van der Waals surface area contributed by atoms with Gasteiger partial charge in [0.2, 0.25) is 0 Å². The first-order valence-electron chi connectivity index (χ1n) is 9.87. The molecule has 5 rings (SSSR count). The molecule has 1 unspecified atom stereocenters. The van der Waals surface area contributed by atoms with Crippen LogP contribution in [0.5, 0.6) is 0 Å². The van der Waals surface area contributed by atoms with Gasteiger partial charge in [0.15, 0.2) is 10.8 Å². The number of carboxylic acid groups (broad SMARTS) is 2. The maximum Gasteiger partial charge on any atom is 0.328 e. The predicted octanol–water partition coefficient (Wildman–Crippen LogP) is 1.64. The Labute approximate surface area is 182 Å². The van der Waals surface area contributed by atoms with Crippen LogP contribution in [0.25, 0.3) is 0 Å². The third-order valence-corrected chi connectivity index (χ3v) is 6.39. The van der Waals surface area contributed by atoms with E-state index < -0.39 is 22.7 Å². The molecule has 3 aliphatic rings. The summed E-state index contributed by atoms with van der Waals surface area (Å²) in [5.41, 5.74) is 0. The molecule has 3 aliphatic heterocycles. The molecule has 0 radical (unpaired) electrons. The van der Waals surface area contributed by atoms with Crippen molar-refractivity contribution < 1.29 is 24.0 Å². The zero-order chi connectivity index (χ0) is 22.2. The number of aliphatic carboxylic acids is 2. The van der Waals surface area contributed by atoms with Crippen molar-refractivity contribution in [1.82, 2.24) is 15.1 Å². The Kier molecular flexibility index (Phi) is 7.85. The molecule has 31 heavy (non-hydrogen) atoms. The van der Waals surface area contributed by atoms with Gasteiger partial charge in [-0.25, -0.2) is 13.8 Å². The minimum absolute atomic E-state index is 0.517. The first-order chi connectivity index (χ1) is 14.9. The van der Waals surface area contributed by atoms with Gasteiger partial charge >= 0.3 is 11.9 Å². The molecule has 9 nitrogen and oxygen atoms in total. The van der Waals surface area contributed by atoms with E-state index in [9.17, 15) is 13.8 Å². The molecule has 3 saturated heterocycles. The lowest BCUT2D eigenvalue weighted by Crippen LogP contribution is -2.38. The smallest absolute Gasteiger partial charge is 0.328 e. The number of anilines is 1. The average molecular weight is 445 g/mol. The molecule has 2 aromatic rings. The number of fused-ring (bicyclic) bond motifs is 4. The van der Waals surface area contributed by atoms with Gasteiger partial charge in [0, 0.05) is 49.3 Å². The molecule has 2 bridgehead atoms. The fourth-order valence-electron chi connectivity index (χ4n) is 3.56. The number of aromatic nitrogens is 2. The van der Waals surface area contributed by atoms with Gasteiger partial charge in [-0.1, -0.05) is 18.2 Å². The van der Waals surface area contributed by atoms with E-state index in [1.165, 1.54) is 25.9 Å². The summed E-state index contributed by atoms with van der Waals surface area (Å²) in [5, 5.41) is 24.8. The Balaban J connectivity index is 0.000000293. The molecule has 0 saturated carbocycles. The number of benzene rings is 1. The lowest BCUT2D eigenvalue weighted by Gasteiger charge is -2.31. The summed E-state index contributed by atoms with van der Waals surface area (Å²) in [6.07, 6.45) is 3.50. The van der Waals surface area contributed by atoms with Crippen molar-refractivity contribution in [1.29, 1.82) is 0 Å². The maximum atomic E-state index is 12.5. The minimum Gasteiger partial charge on any atom is -0.478 e. The lowest BCUT2D eigenvalue weighted by molar-refractivity contribution is -0.134. The molecule has 1 atom stereocenters. The van der Waals surface area contributed by atoms with E-state index in [2.05, 4.69) is 20.0 Å². The Bertz CT molecular complexity index is 928. The molecule has 4 heterocycles. The van der Waals surface area contributed by atoms with Gasteiger partial charge in [-0.05, 0) is 37.1 Å². The summed E-state index contributed by atoms with van der Waals surface area (Å²) in [7, 11) is -1.27. The molecular weight excluding hydrogens is 420 g/mol. The first kappa shape index (κ1) is 22.6. The summed E-state index contributed by atoms with van der Waals surface area (Å²) in [5.74, 6) is -1.60. The third kappa shape index (κ3) is 6.43. The van der Waals surface area contributed by atoms with Crippen LogP contribution in [0.15, 0.2) is 64.5 Å². The quantitative estimate of drug-likeness (QED) is 0.662. The fraction of sp³-hybridized carbons (Fsp3) is 0.333. The topological polar surface area (TPSA) is 124 Å². The molecule has 164 valence electrons. The minimum atomic E-state index is -1.27. The van der Waals surface area contributed by atoms with E-state index in [0.29, 0.717) is 23.2 Å². The summed E-state index contributed by atoms with van der Waals surface area (Å²) < 4.78 is 12.5. The van der Waals surface area contributed by atoms with Gasteiger partial charge in [0.1, 0.15) is 10.8 Å². The van der Waals surface area contributed by atoms with Crippen molar-refractivity contribution in [3.63, 3.8) is 0 Å². The lowest BCUT2D eigenvalue weighted by atomic mass is 10.1. The zero-order valence-electron chi connectivity index (χ0n) is 16.8. The van der Waals surface area contributed by atoms with E-state index >= 15 is 0 Å². The molecule has 1 aromatic heterocycles. The number of carboxylic acids is 2. The molecule has 10 heteroatoms. The van der Waals surface area contributed by atoms with Crippen molar-refractivity contribution in [2.24, 2.45) is 0 Å². The van der Waals surface area contributed by atoms with Gasteiger partial charge in [-0.2, -0.15) is 0 Å². The monoisotopic (exact) mass is 444 g/mol. The molecular formula is C21H24N4O5S. The van der Waals surface area contributed by atoms with Gasteiger partial charge in [0.05, 0.1) is 0 Å². The van der Waals surface area contributed by atoms with Crippen LogP contribution in [-0.2, 0) is 20.4 Å². The Hall–Kier alpha value is -3.11. The Morgan fingerprint density at radius 3 is 2.10 bits per heavy atom. The van der Waals surface area contributed by atoms with E-state index in [0.717, 1.165) is 23.8 Å². The maximum absolute atomic E-state index is 12.5. The van der Waals surface area contributed by atoms with Crippen LogP contribution in [0.1, 0.15) is 12.8 Å². The predicted molar refractivity (Wildman–Crippen MR) is 114 cm³/mol. The normalized spacial score (nSPS) is 21.1. The van der Waals surface area contributed by atoms with Crippen LogP contribution < -0.4 is 4.90 Å². The van der Waals surface area contributed by atoms with Crippen molar-refractivity contribution in [2.45, 2.75) is 28.8 Å².